The maximum Gasteiger partial charge on any atom is 0.564 e. The predicted octanol–water partition coefficient (Wildman–Crippen LogP) is 8.72. The summed E-state index contributed by atoms with van der Waals surface area (Å²) in [6, 6.07) is 3.43. The lowest BCUT2D eigenvalue weighted by molar-refractivity contribution is -0.583. The Morgan fingerprint density at radius 3 is 1.80 bits per heavy atom. The fraction of sp³-hybridized carbons (Fsp3) is 0.600. The SMILES string of the molecule is CC[C@]1(C)[C@@H](C)C(C)(C)N=[N+]1c1c(Cl)cc(Cl)cc1Cl.[Cl][Al-]([Cl])([Cl])[Cl]. The standard InChI is InChI=1S/C15H20Cl3N2.Al.4ClH/c1-6-15(5)9(2)14(3,4)19-20(15)13-11(17)7-10(16)8-12(13)18;;;;;/h7-9H,6H2,1-5H3;;4*1H/q+1;+3;;;;/p-4/t9-,15+;;;;;/m0...../s1. The van der Waals surface area contributed by atoms with Gasteiger partial charge in [0.1, 0.15) is 15.6 Å². The van der Waals surface area contributed by atoms with Crippen LogP contribution in [0, 0.1) is 5.92 Å². The van der Waals surface area contributed by atoms with E-state index in [1.54, 1.807) is 12.1 Å². The number of halogens is 7. The summed E-state index contributed by atoms with van der Waals surface area (Å²) < 4.78 is 2.00. The molecular weight excluding hydrogens is 483 g/mol. The first-order valence-electron chi connectivity index (χ1n) is 7.68. The Bertz CT molecular complexity index is 643. The molecule has 10 heteroatoms. The van der Waals surface area contributed by atoms with Crippen molar-refractivity contribution in [3.05, 3.63) is 27.2 Å². The van der Waals surface area contributed by atoms with E-state index in [-0.39, 0.29) is 11.1 Å². The normalized spacial score (nSPS) is 25.3. The summed E-state index contributed by atoms with van der Waals surface area (Å²) in [4.78, 5) is 0. The summed E-state index contributed by atoms with van der Waals surface area (Å²) >= 11 is 18.7. The van der Waals surface area contributed by atoms with E-state index >= 15 is 0 Å². The summed E-state index contributed by atoms with van der Waals surface area (Å²) in [7, 11) is 17.0. The average Bonchev–Trinajstić information content (AvgIpc) is 2.57. The number of benzene rings is 1. The molecule has 1 aliphatic rings. The van der Waals surface area contributed by atoms with E-state index in [2.05, 4.69) is 34.6 Å². The highest BCUT2D eigenvalue weighted by atomic mass is 35.9. The molecule has 142 valence electrons. The van der Waals surface area contributed by atoms with Gasteiger partial charge in [0.15, 0.2) is 5.54 Å². The molecule has 2 atom stereocenters. The van der Waals surface area contributed by atoms with E-state index in [4.69, 9.17) is 80.1 Å². The molecule has 0 saturated carbocycles. The van der Waals surface area contributed by atoms with Gasteiger partial charge in [0, 0.05) is 18.4 Å². The van der Waals surface area contributed by atoms with Gasteiger partial charge in [0.2, 0.25) is 0 Å². The van der Waals surface area contributed by atoms with Gasteiger partial charge in [-0.15, -0.1) is 0 Å². The highest BCUT2D eigenvalue weighted by Gasteiger charge is 2.58. The van der Waals surface area contributed by atoms with Crippen molar-refractivity contribution >= 4 is 90.1 Å². The highest BCUT2D eigenvalue weighted by molar-refractivity contribution is 7.81. The van der Waals surface area contributed by atoms with Crippen molar-refractivity contribution < 1.29 is 4.70 Å². The van der Waals surface area contributed by atoms with Crippen molar-refractivity contribution in [2.24, 2.45) is 11.0 Å². The Hall–Kier alpha value is 1.38. The van der Waals surface area contributed by atoms with Crippen molar-refractivity contribution in [1.29, 1.82) is 0 Å². The molecule has 0 bridgehead atoms. The molecule has 1 heterocycles. The third-order valence-electron chi connectivity index (χ3n) is 4.74. The van der Waals surface area contributed by atoms with Crippen LogP contribution in [0.2, 0.25) is 15.1 Å². The van der Waals surface area contributed by atoms with E-state index in [1.165, 1.54) is 0 Å². The van der Waals surface area contributed by atoms with Crippen LogP contribution in [0.1, 0.15) is 41.0 Å². The lowest BCUT2D eigenvalue weighted by Crippen LogP contribution is -2.42. The first kappa shape index (κ1) is 24.4. The fourth-order valence-electron chi connectivity index (χ4n) is 2.90. The molecule has 0 unspecified atom stereocenters. The number of nitrogens with zero attached hydrogens (tertiary/aromatic N) is 2. The third-order valence-corrected chi connectivity index (χ3v) is 5.54. The molecule has 0 aromatic heterocycles. The molecule has 2 rings (SSSR count). The minimum atomic E-state index is -2.94. The molecule has 1 aromatic rings. The van der Waals surface area contributed by atoms with Crippen LogP contribution in [0.15, 0.2) is 17.2 Å². The van der Waals surface area contributed by atoms with Crippen molar-refractivity contribution in [2.45, 2.75) is 52.1 Å². The Balaban J connectivity index is 0.000000550. The molecule has 1 aliphatic heterocycles. The monoisotopic (exact) mass is 500 g/mol. The molecule has 1 aromatic carbocycles. The summed E-state index contributed by atoms with van der Waals surface area (Å²) in [5, 5.41) is 6.48. The van der Waals surface area contributed by atoms with Gasteiger partial charge in [-0.05, 0) is 31.1 Å². The summed E-state index contributed by atoms with van der Waals surface area (Å²) in [6.07, 6.45) is 0.955. The van der Waals surface area contributed by atoms with Crippen molar-refractivity contribution in [1.82, 2.24) is 0 Å². The Labute approximate surface area is 183 Å². The summed E-state index contributed by atoms with van der Waals surface area (Å²) in [5.74, 6) is 0.378. The van der Waals surface area contributed by atoms with Gasteiger partial charge in [0.25, 0.3) is 5.69 Å². The maximum absolute atomic E-state index is 6.37. The van der Waals surface area contributed by atoms with Gasteiger partial charge in [0.05, 0.1) is 5.92 Å². The number of hydrogen-bond acceptors (Lipinski definition) is 1. The zero-order chi connectivity index (χ0) is 19.8. The molecule has 0 saturated heterocycles. The van der Waals surface area contributed by atoms with E-state index in [0.29, 0.717) is 21.0 Å². The van der Waals surface area contributed by atoms with Crippen LogP contribution in [-0.4, -0.2) is 25.2 Å². The van der Waals surface area contributed by atoms with Crippen molar-refractivity contribution in [3.8, 4) is 0 Å². The van der Waals surface area contributed by atoms with Gasteiger partial charge in [-0.2, -0.15) is 0 Å². The second-order valence-electron chi connectivity index (χ2n) is 6.71. The molecule has 0 amide bonds. The van der Waals surface area contributed by atoms with Crippen molar-refractivity contribution in [3.63, 3.8) is 0 Å². The van der Waals surface area contributed by atoms with Crippen LogP contribution < -0.4 is 0 Å². The molecular formula is C15H20AlCl7N2. The quantitative estimate of drug-likeness (QED) is 0.283. The molecule has 2 nitrogen and oxygen atoms in total. The van der Waals surface area contributed by atoms with Gasteiger partial charge in [-0.1, -0.05) is 53.3 Å². The number of azo groups is 2. The van der Waals surface area contributed by atoms with Crippen LogP contribution in [-0.2, 0) is 0 Å². The Kier molecular flexibility index (Phi) is 8.61. The largest absolute Gasteiger partial charge is 0.564 e. The fourth-order valence-corrected chi connectivity index (χ4v) is 3.88. The van der Waals surface area contributed by atoms with E-state index in [0.717, 1.165) is 12.1 Å². The summed E-state index contributed by atoms with van der Waals surface area (Å²) in [5.41, 5.74) is 0.473. The lowest BCUT2D eigenvalue weighted by atomic mass is 9.75. The Morgan fingerprint density at radius 1 is 1.04 bits per heavy atom. The smallest absolute Gasteiger partial charge is 0.391 e. The predicted molar refractivity (Wildman–Crippen MR) is 115 cm³/mol. The number of rotatable bonds is 2. The molecule has 0 spiro atoms. The topological polar surface area (TPSA) is 15.4 Å². The van der Waals surface area contributed by atoms with Gasteiger partial charge < -0.3 is 40.2 Å². The third kappa shape index (κ3) is 6.18. The first-order chi connectivity index (χ1) is 11.1. The van der Waals surface area contributed by atoms with Crippen LogP contribution >= 0.6 is 75.0 Å². The van der Waals surface area contributed by atoms with Gasteiger partial charge in [-0.25, -0.2) is 0 Å². The molecule has 0 aliphatic carbocycles. The molecule has 25 heavy (non-hydrogen) atoms. The van der Waals surface area contributed by atoms with Crippen LogP contribution in [0.3, 0.4) is 0 Å². The van der Waals surface area contributed by atoms with E-state index in [9.17, 15) is 0 Å². The van der Waals surface area contributed by atoms with Crippen LogP contribution in [0.5, 0.6) is 0 Å². The van der Waals surface area contributed by atoms with Crippen LogP contribution in [0.4, 0.5) is 5.69 Å². The van der Waals surface area contributed by atoms with Crippen LogP contribution in [0.25, 0.3) is 0 Å². The average molecular weight is 503 g/mol. The van der Waals surface area contributed by atoms with Gasteiger partial charge >= 0.3 is 9.39 Å². The zero-order valence-corrected chi connectivity index (χ0v) is 21.0. The lowest BCUT2D eigenvalue weighted by Gasteiger charge is -2.27. The second kappa shape index (κ2) is 8.81. The highest BCUT2D eigenvalue weighted by Crippen LogP contribution is 2.49. The zero-order valence-electron chi connectivity index (χ0n) is 14.6. The minimum Gasteiger partial charge on any atom is -0.391 e. The number of hydrogen-bond donors (Lipinski definition) is 0. The van der Waals surface area contributed by atoms with Crippen molar-refractivity contribution in [2.75, 3.05) is 0 Å². The maximum atomic E-state index is 6.37. The first-order valence-corrected chi connectivity index (χ1v) is 15.8. The Morgan fingerprint density at radius 2 is 1.44 bits per heavy atom. The van der Waals surface area contributed by atoms with E-state index < -0.39 is 9.39 Å². The molecule has 0 radical (unpaired) electrons. The summed E-state index contributed by atoms with van der Waals surface area (Å²) in [6.45, 7) is 10.9. The van der Waals surface area contributed by atoms with E-state index in [1.807, 2.05) is 4.70 Å². The van der Waals surface area contributed by atoms with Gasteiger partial charge in [-0.3, -0.25) is 0 Å². The second-order valence-corrected chi connectivity index (χ2v) is 20.8. The molecule has 0 N–H and O–H groups in total. The minimum absolute atomic E-state index is 0.120. The molecule has 0 fully saturated rings.